The van der Waals surface area contributed by atoms with Gasteiger partial charge in [0.2, 0.25) is 5.91 Å². The zero-order chi connectivity index (χ0) is 32.2. The number of aromatic nitrogens is 4. The van der Waals surface area contributed by atoms with Gasteiger partial charge in [-0.2, -0.15) is 10.2 Å². The van der Waals surface area contributed by atoms with E-state index in [2.05, 4.69) is 27.2 Å². The molecule has 2 aromatic heterocycles. The molecule has 3 amide bonds. The largest absolute Gasteiger partial charge is 0.379 e. The maximum atomic E-state index is 14.3. The predicted octanol–water partition coefficient (Wildman–Crippen LogP) is 2.41. The van der Waals surface area contributed by atoms with E-state index in [1.54, 1.807) is 35.1 Å². The number of aryl methyl sites for hydroxylation is 1. The maximum absolute atomic E-state index is 14.3. The lowest BCUT2D eigenvalue weighted by molar-refractivity contribution is -0.121. The van der Waals surface area contributed by atoms with Crippen LogP contribution < -0.4 is 15.5 Å². The monoisotopic (exact) mass is 622 g/mol. The number of anilines is 1. The van der Waals surface area contributed by atoms with Crippen LogP contribution in [0.1, 0.15) is 40.0 Å². The molecule has 46 heavy (non-hydrogen) atoms. The maximum Gasteiger partial charge on any atom is 0.270 e. The summed E-state index contributed by atoms with van der Waals surface area (Å²) in [6, 6.07) is 18.1. The highest BCUT2D eigenvalue weighted by atomic mass is 16.5. The molecule has 12 nitrogen and oxygen atoms in total. The Labute approximate surface area is 267 Å². The third-order valence-corrected chi connectivity index (χ3v) is 8.49. The number of carbonyl (C=O) groups excluding carboxylic acids is 3. The van der Waals surface area contributed by atoms with Gasteiger partial charge in [-0.05, 0) is 36.2 Å². The number of carbonyl (C=O) groups is 3. The van der Waals surface area contributed by atoms with E-state index in [9.17, 15) is 14.4 Å². The average molecular weight is 623 g/mol. The van der Waals surface area contributed by atoms with E-state index in [-0.39, 0.29) is 18.4 Å². The zero-order valence-electron chi connectivity index (χ0n) is 26.1. The number of nitrogens with one attached hydrogen (secondary N) is 2. The first-order valence-corrected chi connectivity index (χ1v) is 15.4. The first-order valence-electron chi connectivity index (χ1n) is 15.4. The van der Waals surface area contributed by atoms with Crippen LogP contribution in [-0.4, -0.2) is 87.6 Å². The predicted molar refractivity (Wildman–Crippen MR) is 173 cm³/mol. The summed E-state index contributed by atoms with van der Waals surface area (Å²) in [6.07, 6.45) is 3.32. The van der Waals surface area contributed by atoms with Crippen LogP contribution in [0.15, 0.2) is 85.2 Å². The van der Waals surface area contributed by atoms with Crippen molar-refractivity contribution in [2.45, 2.75) is 25.4 Å². The SMILES string of the molecule is C=C(CN1CCOCC1)C(=O)NCc1cccc([C@@H]2c3cnn(-c4ccccc4)c3N(CC)C(=O)[C@H]2NC(=O)c2ccnn2C)c1. The van der Waals surface area contributed by atoms with E-state index in [4.69, 9.17) is 9.84 Å². The number of ether oxygens (including phenoxy) is 1. The third kappa shape index (κ3) is 6.22. The lowest BCUT2D eigenvalue weighted by Gasteiger charge is -2.38. The van der Waals surface area contributed by atoms with Crippen molar-refractivity contribution in [3.8, 4) is 5.69 Å². The summed E-state index contributed by atoms with van der Waals surface area (Å²) >= 11 is 0. The highest BCUT2D eigenvalue weighted by molar-refractivity contribution is 6.05. The standard InChI is InChI=1S/C34H38N8O4/c1-4-41-33-27(21-37-42(33)26-11-6-5-7-12-26)29(30(34(41)45)38-32(44)28-13-14-36-39(28)3)25-10-8-9-24(19-25)20-35-31(43)23(2)22-40-15-17-46-18-16-40/h5-14,19,21,29-30H,2,4,15-18,20,22H2,1,3H3,(H,35,43)(H,38,44)/t29-,30+/m1/s1. The number of fused-ring (bicyclic) bond motifs is 1. The molecule has 1 saturated heterocycles. The summed E-state index contributed by atoms with van der Waals surface area (Å²) in [4.78, 5) is 44.5. The first kappa shape index (κ1) is 30.9. The molecular formula is C34H38N8O4. The molecule has 2 atom stereocenters. The van der Waals surface area contributed by atoms with Crippen LogP contribution in [0.5, 0.6) is 0 Å². The van der Waals surface area contributed by atoms with Crippen molar-refractivity contribution in [1.82, 2.24) is 35.1 Å². The molecule has 0 saturated carbocycles. The van der Waals surface area contributed by atoms with Crippen molar-refractivity contribution in [2.24, 2.45) is 7.05 Å². The smallest absolute Gasteiger partial charge is 0.270 e. The number of rotatable bonds is 10. The van der Waals surface area contributed by atoms with Gasteiger partial charge < -0.3 is 15.4 Å². The molecule has 2 aliphatic rings. The minimum Gasteiger partial charge on any atom is -0.379 e. The van der Waals surface area contributed by atoms with E-state index in [1.807, 2.05) is 61.5 Å². The van der Waals surface area contributed by atoms with Crippen molar-refractivity contribution in [1.29, 1.82) is 0 Å². The fourth-order valence-corrected chi connectivity index (χ4v) is 6.14. The fraction of sp³-hybridized carbons (Fsp3) is 0.324. The van der Waals surface area contributed by atoms with Crippen LogP contribution in [0.4, 0.5) is 5.82 Å². The van der Waals surface area contributed by atoms with Crippen molar-refractivity contribution < 1.29 is 19.1 Å². The van der Waals surface area contributed by atoms with Crippen molar-refractivity contribution >= 4 is 23.5 Å². The van der Waals surface area contributed by atoms with Gasteiger partial charge in [-0.1, -0.05) is 49.0 Å². The van der Waals surface area contributed by atoms with Crippen LogP contribution in [-0.2, 0) is 27.9 Å². The Balaban J connectivity index is 1.32. The fourth-order valence-electron chi connectivity index (χ4n) is 6.14. The highest BCUT2D eigenvalue weighted by Gasteiger charge is 2.44. The molecular weight excluding hydrogens is 584 g/mol. The Morgan fingerprint density at radius 3 is 2.54 bits per heavy atom. The van der Waals surface area contributed by atoms with Gasteiger partial charge in [0.15, 0.2) is 0 Å². The molecule has 0 aliphatic carbocycles. The Morgan fingerprint density at radius 2 is 1.83 bits per heavy atom. The van der Waals surface area contributed by atoms with E-state index in [1.165, 1.54) is 4.68 Å². The molecule has 2 aliphatic heterocycles. The van der Waals surface area contributed by atoms with Crippen molar-refractivity contribution in [2.75, 3.05) is 44.3 Å². The lowest BCUT2D eigenvalue weighted by atomic mass is 9.82. The normalized spacial score (nSPS) is 18.2. The Hall–Kier alpha value is -5.07. The van der Waals surface area contributed by atoms with Gasteiger partial charge in [-0.15, -0.1) is 0 Å². The molecule has 1 fully saturated rings. The van der Waals surface area contributed by atoms with Crippen molar-refractivity contribution in [3.05, 3.63) is 108 Å². The molecule has 12 heteroatoms. The Morgan fingerprint density at radius 1 is 1.04 bits per heavy atom. The summed E-state index contributed by atoms with van der Waals surface area (Å²) in [5.41, 5.74) is 4.12. The summed E-state index contributed by atoms with van der Waals surface area (Å²) in [7, 11) is 1.68. The van der Waals surface area contributed by atoms with E-state index in [0.717, 1.165) is 35.5 Å². The lowest BCUT2D eigenvalue weighted by Crippen LogP contribution is -2.55. The summed E-state index contributed by atoms with van der Waals surface area (Å²) in [6.45, 7) is 9.89. The number of para-hydroxylation sites is 1. The highest BCUT2D eigenvalue weighted by Crippen LogP contribution is 2.41. The molecule has 0 unspecified atom stereocenters. The number of likely N-dealkylation sites (N-methyl/N-ethyl adjacent to an activating group) is 1. The summed E-state index contributed by atoms with van der Waals surface area (Å²) in [5, 5.41) is 14.8. The van der Waals surface area contributed by atoms with Gasteiger partial charge in [0.25, 0.3) is 11.8 Å². The number of morpholine rings is 1. The molecule has 2 aromatic carbocycles. The quantitative estimate of drug-likeness (QED) is 0.260. The summed E-state index contributed by atoms with van der Waals surface area (Å²) in [5.74, 6) is -0.748. The van der Waals surface area contributed by atoms with Gasteiger partial charge in [0.05, 0.1) is 25.1 Å². The van der Waals surface area contributed by atoms with Crippen LogP contribution in [0, 0.1) is 0 Å². The molecule has 6 rings (SSSR count). The van der Waals surface area contributed by atoms with Crippen LogP contribution >= 0.6 is 0 Å². The first-order chi connectivity index (χ1) is 22.4. The molecule has 4 heterocycles. The second-order valence-electron chi connectivity index (χ2n) is 11.4. The van der Waals surface area contributed by atoms with E-state index < -0.39 is 17.9 Å². The minimum absolute atomic E-state index is 0.212. The second-order valence-corrected chi connectivity index (χ2v) is 11.4. The van der Waals surface area contributed by atoms with Gasteiger partial charge in [0, 0.05) is 63.0 Å². The molecule has 238 valence electrons. The van der Waals surface area contributed by atoms with Gasteiger partial charge in [-0.25, -0.2) is 4.68 Å². The van der Waals surface area contributed by atoms with Gasteiger partial charge in [0.1, 0.15) is 17.6 Å². The topological polar surface area (TPSA) is 127 Å². The Kier molecular flexibility index (Phi) is 9.08. The number of benzene rings is 2. The molecule has 0 spiro atoms. The third-order valence-electron chi connectivity index (χ3n) is 8.49. The molecule has 0 bridgehead atoms. The molecule has 0 radical (unpaired) electrons. The number of amides is 3. The minimum atomic E-state index is -0.915. The number of hydrogen-bond donors (Lipinski definition) is 2. The van der Waals surface area contributed by atoms with E-state index >= 15 is 0 Å². The zero-order valence-corrected chi connectivity index (χ0v) is 26.1. The second kappa shape index (κ2) is 13.5. The summed E-state index contributed by atoms with van der Waals surface area (Å²) < 4.78 is 8.65. The van der Waals surface area contributed by atoms with Gasteiger partial charge >= 0.3 is 0 Å². The number of hydrogen-bond acceptors (Lipinski definition) is 7. The average Bonchev–Trinajstić information content (AvgIpc) is 3.71. The molecule has 4 aromatic rings. The number of nitrogens with zero attached hydrogens (tertiary/aromatic N) is 6. The van der Waals surface area contributed by atoms with Crippen LogP contribution in [0.3, 0.4) is 0 Å². The van der Waals surface area contributed by atoms with Crippen LogP contribution in [0.25, 0.3) is 5.69 Å². The van der Waals surface area contributed by atoms with E-state index in [0.29, 0.717) is 43.4 Å². The molecule has 2 N–H and O–H groups in total. The van der Waals surface area contributed by atoms with Crippen LogP contribution in [0.2, 0.25) is 0 Å². The van der Waals surface area contributed by atoms with Crippen molar-refractivity contribution in [3.63, 3.8) is 0 Å². The van der Waals surface area contributed by atoms with Gasteiger partial charge in [-0.3, -0.25) is 28.9 Å². The Bertz CT molecular complexity index is 1740.